The maximum absolute atomic E-state index is 11.5. The molecule has 0 N–H and O–H groups in total. The molecule has 0 radical (unpaired) electrons. The Morgan fingerprint density at radius 2 is 2.12 bits per heavy atom. The highest BCUT2D eigenvalue weighted by Gasteiger charge is 2.22. The molecule has 1 aromatic rings. The summed E-state index contributed by atoms with van der Waals surface area (Å²) in [5, 5.41) is 0. The third-order valence-electron chi connectivity index (χ3n) is 2.44. The zero-order valence-corrected chi connectivity index (χ0v) is 10.3. The van der Waals surface area contributed by atoms with Gasteiger partial charge in [-0.05, 0) is 31.2 Å². The molecule has 0 atom stereocenters. The van der Waals surface area contributed by atoms with Crippen LogP contribution in [0.3, 0.4) is 0 Å². The fourth-order valence-electron chi connectivity index (χ4n) is 1.58. The van der Waals surface area contributed by atoms with E-state index in [1.807, 2.05) is 0 Å². The lowest BCUT2D eigenvalue weighted by atomic mass is 10.2. The summed E-state index contributed by atoms with van der Waals surface area (Å²) in [7, 11) is 0. The molecule has 0 bridgehead atoms. The number of nitrogens with zero attached hydrogens (tertiary/aromatic N) is 1. The molecule has 0 aliphatic carbocycles. The van der Waals surface area contributed by atoms with Gasteiger partial charge in [0.05, 0.1) is 23.8 Å². The second-order valence-corrected chi connectivity index (χ2v) is 4.52. The summed E-state index contributed by atoms with van der Waals surface area (Å²) in [6, 6.07) is 6.92. The van der Waals surface area contributed by atoms with Gasteiger partial charge >= 0.3 is 5.97 Å². The molecule has 90 valence electrons. The standard InChI is InChI=1S/C12H13NO3S/c1-2-16-12(15)9-3-5-10(6-4-9)13-8-17-7-11(13)14/h3-6H,2,7-8H2,1H3. The molecule has 4 nitrogen and oxygen atoms in total. The molecular weight excluding hydrogens is 238 g/mol. The van der Waals surface area contributed by atoms with Crippen molar-refractivity contribution in [2.75, 3.05) is 23.1 Å². The summed E-state index contributed by atoms with van der Waals surface area (Å²) < 4.78 is 4.89. The van der Waals surface area contributed by atoms with Crippen LogP contribution in [0.15, 0.2) is 24.3 Å². The number of anilines is 1. The van der Waals surface area contributed by atoms with Crippen molar-refractivity contribution < 1.29 is 14.3 Å². The molecule has 1 heterocycles. The number of ether oxygens (including phenoxy) is 1. The molecule has 1 saturated heterocycles. The van der Waals surface area contributed by atoms with E-state index in [9.17, 15) is 9.59 Å². The minimum Gasteiger partial charge on any atom is -0.462 e. The highest BCUT2D eigenvalue weighted by atomic mass is 32.2. The quantitative estimate of drug-likeness (QED) is 0.770. The van der Waals surface area contributed by atoms with Crippen LogP contribution in [-0.4, -0.2) is 30.1 Å². The molecule has 1 fully saturated rings. The van der Waals surface area contributed by atoms with Crippen LogP contribution in [0.4, 0.5) is 5.69 Å². The van der Waals surface area contributed by atoms with Gasteiger partial charge in [0.1, 0.15) is 0 Å². The van der Waals surface area contributed by atoms with Gasteiger partial charge in [0.2, 0.25) is 5.91 Å². The van der Waals surface area contributed by atoms with Crippen molar-refractivity contribution in [1.29, 1.82) is 0 Å². The molecule has 5 heteroatoms. The Labute approximate surface area is 104 Å². The van der Waals surface area contributed by atoms with E-state index in [0.717, 1.165) is 5.69 Å². The molecule has 2 rings (SSSR count). The van der Waals surface area contributed by atoms with Crippen LogP contribution in [-0.2, 0) is 9.53 Å². The van der Waals surface area contributed by atoms with Crippen LogP contribution in [0, 0.1) is 0 Å². The highest BCUT2D eigenvalue weighted by molar-refractivity contribution is 8.00. The molecule has 1 aliphatic heterocycles. The molecule has 1 aliphatic rings. The number of rotatable bonds is 3. The van der Waals surface area contributed by atoms with Crippen molar-refractivity contribution >= 4 is 29.3 Å². The lowest BCUT2D eigenvalue weighted by molar-refractivity contribution is -0.115. The topological polar surface area (TPSA) is 46.6 Å². The SMILES string of the molecule is CCOC(=O)c1ccc(N2CSCC2=O)cc1. The van der Waals surface area contributed by atoms with Gasteiger partial charge in [0.15, 0.2) is 0 Å². The summed E-state index contributed by atoms with van der Waals surface area (Å²) >= 11 is 1.59. The van der Waals surface area contributed by atoms with E-state index < -0.39 is 0 Å². The minimum absolute atomic E-state index is 0.110. The fraction of sp³-hybridized carbons (Fsp3) is 0.333. The summed E-state index contributed by atoms with van der Waals surface area (Å²) in [6.07, 6.45) is 0. The molecule has 0 aromatic heterocycles. The van der Waals surface area contributed by atoms with E-state index in [2.05, 4.69) is 0 Å². The molecule has 17 heavy (non-hydrogen) atoms. The number of carbonyl (C=O) groups is 2. The first-order valence-corrected chi connectivity index (χ1v) is 6.53. The lowest BCUT2D eigenvalue weighted by Gasteiger charge is -2.14. The van der Waals surface area contributed by atoms with Gasteiger partial charge in [-0.3, -0.25) is 4.79 Å². The summed E-state index contributed by atoms with van der Waals surface area (Å²) in [6.45, 7) is 2.13. The number of thioether (sulfide) groups is 1. The number of amides is 1. The second kappa shape index (κ2) is 5.23. The molecule has 1 aromatic carbocycles. The number of esters is 1. The van der Waals surface area contributed by atoms with Crippen LogP contribution in [0.25, 0.3) is 0 Å². The van der Waals surface area contributed by atoms with Crippen LogP contribution < -0.4 is 4.90 Å². The summed E-state index contributed by atoms with van der Waals surface area (Å²) in [5.74, 6) is 0.983. The molecule has 0 saturated carbocycles. The number of benzene rings is 1. The molecule has 1 amide bonds. The minimum atomic E-state index is -0.332. The molecule has 0 unspecified atom stereocenters. The Balaban J connectivity index is 2.12. The average Bonchev–Trinajstić information content (AvgIpc) is 2.76. The summed E-state index contributed by atoms with van der Waals surface area (Å²) in [4.78, 5) is 24.7. The first-order valence-electron chi connectivity index (χ1n) is 5.37. The Morgan fingerprint density at radius 1 is 1.41 bits per heavy atom. The van der Waals surface area contributed by atoms with Gasteiger partial charge in [-0.25, -0.2) is 4.79 Å². The monoisotopic (exact) mass is 251 g/mol. The highest BCUT2D eigenvalue weighted by Crippen LogP contribution is 2.24. The van der Waals surface area contributed by atoms with Crippen LogP contribution >= 0.6 is 11.8 Å². The van der Waals surface area contributed by atoms with Crippen LogP contribution in [0.2, 0.25) is 0 Å². The van der Waals surface area contributed by atoms with Gasteiger partial charge in [-0.2, -0.15) is 0 Å². The van der Waals surface area contributed by atoms with E-state index in [4.69, 9.17) is 4.74 Å². The second-order valence-electron chi connectivity index (χ2n) is 3.57. The largest absolute Gasteiger partial charge is 0.462 e. The third-order valence-corrected chi connectivity index (χ3v) is 3.33. The maximum Gasteiger partial charge on any atom is 0.338 e. The van der Waals surface area contributed by atoms with Crippen molar-refractivity contribution in [3.05, 3.63) is 29.8 Å². The van der Waals surface area contributed by atoms with E-state index in [0.29, 0.717) is 23.8 Å². The number of carbonyl (C=O) groups excluding carboxylic acids is 2. The van der Waals surface area contributed by atoms with E-state index in [-0.39, 0.29) is 11.9 Å². The third kappa shape index (κ3) is 2.61. The van der Waals surface area contributed by atoms with E-state index in [1.165, 1.54) is 0 Å². The van der Waals surface area contributed by atoms with Crippen LogP contribution in [0.5, 0.6) is 0 Å². The predicted molar refractivity (Wildman–Crippen MR) is 67.2 cm³/mol. The normalized spacial score (nSPS) is 15.1. The number of hydrogen-bond donors (Lipinski definition) is 0. The molecular formula is C12H13NO3S. The fourth-order valence-corrected chi connectivity index (χ4v) is 2.48. The summed E-state index contributed by atoms with van der Waals surface area (Å²) in [5.41, 5.74) is 1.34. The van der Waals surface area contributed by atoms with Crippen molar-refractivity contribution in [1.82, 2.24) is 0 Å². The van der Waals surface area contributed by atoms with Gasteiger partial charge in [0.25, 0.3) is 0 Å². The first-order chi connectivity index (χ1) is 8.22. The van der Waals surface area contributed by atoms with Crippen molar-refractivity contribution in [2.24, 2.45) is 0 Å². The lowest BCUT2D eigenvalue weighted by Crippen LogP contribution is -2.24. The van der Waals surface area contributed by atoms with Gasteiger partial charge in [-0.15, -0.1) is 11.8 Å². The van der Waals surface area contributed by atoms with Crippen molar-refractivity contribution in [3.63, 3.8) is 0 Å². The predicted octanol–water partition coefficient (Wildman–Crippen LogP) is 1.90. The molecule has 0 spiro atoms. The average molecular weight is 251 g/mol. The van der Waals surface area contributed by atoms with E-state index >= 15 is 0 Å². The van der Waals surface area contributed by atoms with Gasteiger partial charge in [0, 0.05) is 5.69 Å². The maximum atomic E-state index is 11.5. The zero-order valence-electron chi connectivity index (χ0n) is 9.51. The van der Waals surface area contributed by atoms with Crippen molar-refractivity contribution in [3.8, 4) is 0 Å². The Bertz CT molecular complexity index is 430. The number of hydrogen-bond acceptors (Lipinski definition) is 4. The van der Waals surface area contributed by atoms with Crippen molar-refractivity contribution in [2.45, 2.75) is 6.92 Å². The van der Waals surface area contributed by atoms with Crippen LogP contribution in [0.1, 0.15) is 17.3 Å². The van der Waals surface area contributed by atoms with Gasteiger partial charge < -0.3 is 9.64 Å². The Morgan fingerprint density at radius 3 is 2.65 bits per heavy atom. The Hall–Kier alpha value is -1.49. The first kappa shape index (κ1) is 12.0. The Kier molecular flexibility index (Phi) is 3.68. The zero-order chi connectivity index (χ0) is 12.3. The smallest absolute Gasteiger partial charge is 0.338 e. The van der Waals surface area contributed by atoms with Gasteiger partial charge in [-0.1, -0.05) is 0 Å². The van der Waals surface area contributed by atoms with E-state index in [1.54, 1.807) is 47.9 Å².